The third-order valence-corrected chi connectivity index (χ3v) is 9.45. The molecule has 0 radical (unpaired) electrons. The van der Waals surface area contributed by atoms with Gasteiger partial charge in [-0.05, 0) is 0 Å². The standard InChI is InChI=1S/C20H22N10O10P2S2/c21-14-10-15(24-4-23-14)29(5-25-10)19-12(31)13-9(38-19)3-36-41(33,43)39-8-1-7(2-35-42(34,44)40-13)37-18(8)30-6-26-11-16(30)27-20(22)28-17(11)32/h2,6,15,23-25,33-34,43-44H,1,3-5,21H2,(H2-2,22,27,28,31,32)/p+2/b7-2+. The van der Waals surface area contributed by atoms with Crippen molar-refractivity contribution in [3.05, 3.63) is 51.7 Å². The lowest BCUT2D eigenvalue weighted by molar-refractivity contribution is 0.199. The molecule has 4 aliphatic heterocycles. The summed E-state index contributed by atoms with van der Waals surface area (Å²) in [6.07, 6.45) is 1.61. The maximum absolute atomic E-state index is 12.3. The van der Waals surface area contributed by atoms with E-state index in [1.54, 1.807) is 4.90 Å². The number of rotatable bonds is 2. The van der Waals surface area contributed by atoms with Gasteiger partial charge in [0, 0.05) is 0 Å². The Labute approximate surface area is 257 Å². The molecule has 2 bridgehead atoms. The number of fused-ring (bicyclic) bond motifs is 5. The van der Waals surface area contributed by atoms with E-state index < -0.39 is 38.4 Å². The van der Waals surface area contributed by atoms with Crippen molar-refractivity contribution in [1.82, 2.24) is 35.5 Å². The summed E-state index contributed by atoms with van der Waals surface area (Å²) in [6, 6.07) is 0. The summed E-state index contributed by atoms with van der Waals surface area (Å²) in [7, 11) is -8.08. The third kappa shape index (κ3) is 5.08. The van der Waals surface area contributed by atoms with E-state index in [1.807, 2.05) is 0 Å². The largest absolute Gasteiger partial charge is 0.563 e. The molecular formula is C20H24N10O10P2S2+2. The second-order valence-electron chi connectivity index (χ2n) is 9.47. The van der Waals surface area contributed by atoms with Crippen LogP contribution in [0, 0.1) is 0 Å². The van der Waals surface area contributed by atoms with Gasteiger partial charge in [0.25, 0.3) is 17.2 Å². The zero-order chi connectivity index (χ0) is 31.0. The molecule has 11 N–H and O–H groups in total. The van der Waals surface area contributed by atoms with E-state index in [4.69, 9.17) is 38.7 Å². The van der Waals surface area contributed by atoms with E-state index in [9.17, 15) is 19.7 Å². The van der Waals surface area contributed by atoms with Gasteiger partial charge in [-0.2, -0.15) is 19.3 Å². The van der Waals surface area contributed by atoms with Crippen LogP contribution in [-0.2, 0) is 24.9 Å². The molecule has 4 aliphatic rings. The first-order valence-electron chi connectivity index (χ1n) is 12.5. The fourth-order valence-corrected chi connectivity index (χ4v) is 7.09. The Balaban J connectivity index is 1.25. The molecule has 0 saturated carbocycles. The zero-order valence-corrected chi connectivity index (χ0v) is 25.6. The van der Waals surface area contributed by atoms with Gasteiger partial charge in [0.1, 0.15) is 42.8 Å². The second kappa shape index (κ2) is 10.4. The number of aromatic nitrogens is 4. The lowest BCUT2D eigenvalue weighted by Crippen LogP contribution is -2.51. The molecule has 0 aliphatic carbocycles. The SMILES string of the molecule is NC1=C2NCN(c3oc4c(c3O)O[P+](O)(S)O/C=C3\CC(=C(n5cnc6c(=O)[nH]c(N)nc65)O3)O[P+](O)(S)OC4)C2NCN1. The van der Waals surface area contributed by atoms with Crippen LogP contribution in [0.5, 0.6) is 11.5 Å². The van der Waals surface area contributed by atoms with Gasteiger partial charge in [-0.3, -0.25) is 28.7 Å². The number of imidazole rings is 1. The van der Waals surface area contributed by atoms with Crippen molar-refractivity contribution in [3.63, 3.8) is 0 Å². The van der Waals surface area contributed by atoms with Crippen LogP contribution in [0.3, 0.4) is 0 Å². The molecule has 234 valence electrons. The molecule has 3 atom stereocenters. The van der Waals surface area contributed by atoms with Crippen LogP contribution >= 0.6 is 38.8 Å². The van der Waals surface area contributed by atoms with Gasteiger partial charge in [0.05, 0.1) is 25.5 Å². The summed E-state index contributed by atoms with van der Waals surface area (Å²) in [5.41, 5.74) is 11.8. The molecule has 24 heteroatoms. The topological polar surface area (TPSA) is 275 Å². The second-order valence-corrected chi connectivity index (χ2v) is 15.3. The third-order valence-electron chi connectivity index (χ3n) is 6.61. The number of hydrogen-bond donors (Lipinski definition) is 11. The molecule has 1 saturated heterocycles. The minimum Gasteiger partial charge on any atom is -0.500 e. The quantitative estimate of drug-likeness (QED) is 0.127. The van der Waals surface area contributed by atoms with E-state index in [-0.39, 0.29) is 65.0 Å². The molecule has 20 nitrogen and oxygen atoms in total. The average Bonchev–Trinajstić information content (AvgIpc) is 3.72. The number of H-pyrrole nitrogens is 1. The van der Waals surface area contributed by atoms with E-state index >= 15 is 0 Å². The summed E-state index contributed by atoms with van der Waals surface area (Å²) in [5, 5.41) is 20.4. The van der Waals surface area contributed by atoms with Crippen molar-refractivity contribution in [2.24, 2.45) is 5.73 Å². The lowest BCUT2D eigenvalue weighted by Gasteiger charge is -2.28. The molecule has 7 rings (SSSR count). The highest BCUT2D eigenvalue weighted by Crippen LogP contribution is 2.67. The molecule has 3 unspecified atom stereocenters. The van der Waals surface area contributed by atoms with E-state index in [1.165, 1.54) is 10.9 Å². The molecule has 3 aromatic rings. The first-order chi connectivity index (χ1) is 20.9. The zero-order valence-electron chi connectivity index (χ0n) is 22.0. The number of thiol groups is 2. The minimum absolute atomic E-state index is 0.0212. The average molecular weight is 691 g/mol. The summed E-state index contributed by atoms with van der Waals surface area (Å²) in [4.78, 5) is 46.5. The van der Waals surface area contributed by atoms with E-state index in [0.29, 0.717) is 18.2 Å². The van der Waals surface area contributed by atoms with E-state index in [0.717, 1.165) is 6.26 Å². The summed E-state index contributed by atoms with van der Waals surface area (Å²) < 4.78 is 35.5. The number of nitrogens with zero attached hydrogens (tertiary/aromatic N) is 4. The Hall–Kier alpha value is -3.75. The number of furan rings is 1. The Morgan fingerprint density at radius 3 is 2.80 bits per heavy atom. The summed E-state index contributed by atoms with van der Waals surface area (Å²) in [5.74, 6) is -0.919. The molecule has 1 fully saturated rings. The maximum atomic E-state index is 12.3. The van der Waals surface area contributed by atoms with Gasteiger partial charge in [-0.15, -0.1) is 0 Å². The van der Waals surface area contributed by atoms with Gasteiger partial charge in [0.2, 0.25) is 23.3 Å². The maximum Gasteiger partial charge on any atom is 0.563 e. The van der Waals surface area contributed by atoms with Crippen LogP contribution in [0.4, 0.5) is 11.8 Å². The molecule has 7 heterocycles. The molecule has 0 amide bonds. The van der Waals surface area contributed by atoms with Crippen LogP contribution in [0.2, 0.25) is 0 Å². The van der Waals surface area contributed by atoms with Crippen LogP contribution in [-0.4, -0.2) is 53.9 Å². The summed E-state index contributed by atoms with van der Waals surface area (Å²) >= 11 is 8.35. The van der Waals surface area contributed by atoms with Crippen molar-refractivity contribution in [3.8, 4) is 11.5 Å². The summed E-state index contributed by atoms with van der Waals surface area (Å²) in [6.45, 7) is -0.0384. The van der Waals surface area contributed by atoms with Crippen molar-refractivity contribution in [2.45, 2.75) is 19.2 Å². The number of anilines is 2. The predicted octanol–water partition coefficient (Wildman–Crippen LogP) is 0.201. The highest BCUT2D eigenvalue weighted by molar-refractivity contribution is 8.47. The highest BCUT2D eigenvalue weighted by atomic mass is 32.7. The van der Waals surface area contributed by atoms with Crippen LogP contribution in [0.15, 0.2) is 44.8 Å². The number of aromatic amines is 1. The Morgan fingerprint density at radius 2 is 1.98 bits per heavy atom. The number of ether oxygens (including phenoxy) is 1. The fourth-order valence-electron chi connectivity index (χ4n) is 4.75. The normalized spacial score (nSPS) is 28.1. The number of nitrogens with two attached hydrogens (primary N) is 2. The minimum atomic E-state index is -4.07. The highest BCUT2D eigenvalue weighted by Gasteiger charge is 2.49. The van der Waals surface area contributed by atoms with Gasteiger partial charge in [-0.25, -0.2) is 9.55 Å². The number of nitrogens with one attached hydrogen (secondary N) is 4. The van der Waals surface area contributed by atoms with Gasteiger partial charge in [0.15, 0.2) is 35.6 Å². The molecule has 0 aromatic carbocycles. The van der Waals surface area contributed by atoms with Crippen molar-refractivity contribution in [2.75, 3.05) is 24.0 Å². The first-order valence-corrected chi connectivity index (χ1v) is 17.9. The van der Waals surface area contributed by atoms with Gasteiger partial charge in [-0.1, -0.05) is 0 Å². The van der Waals surface area contributed by atoms with Crippen molar-refractivity contribution >= 4 is 67.7 Å². The molecule has 44 heavy (non-hydrogen) atoms. The molecule has 3 aromatic heterocycles. The Kier molecular flexibility index (Phi) is 6.86. The van der Waals surface area contributed by atoms with Crippen LogP contribution in [0.1, 0.15) is 12.2 Å². The van der Waals surface area contributed by atoms with Crippen LogP contribution in [0.25, 0.3) is 17.0 Å². The van der Waals surface area contributed by atoms with Gasteiger partial charge >= 0.3 is 14.3 Å². The molecular weight excluding hydrogens is 666 g/mol. The lowest BCUT2D eigenvalue weighted by atomic mass is 10.3. The number of aromatic hydroxyl groups is 1. The van der Waals surface area contributed by atoms with Crippen molar-refractivity contribution in [1.29, 1.82) is 0 Å². The Bertz CT molecular complexity index is 1840. The van der Waals surface area contributed by atoms with Crippen LogP contribution < -0.4 is 42.4 Å². The predicted molar refractivity (Wildman–Crippen MR) is 160 cm³/mol. The number of nitrogen functional groups attached to an aromatic ring is 1. The molecule has 0 spiro atoms. The monoisotopic (exact) mass is 690 g/mol. The van der Waals surface area contributed by atoms with Crippen molar-refractivity contribution < 1.29 is 42.1 Å². The Morgan fingerprint density at radius 1 is 1.16 bits per heavy atom. The smallest absolute Gasteiger partial charge is 0.500 e. The van der Waals surface area contributed by atoms with E-state index in [2.05, 4.69) is 55.4 Å². The fraction of sp³-hybridized carbons (Fsp3) is 0.250. The van der Waals surface area contributed by atoms with Gasteiger partial charge < -0.3 is 41.3 Å². The first kappa shape index (κ1) is 29.0. The number of hydrogen-bond acceptors (Lipinski definition) is 20.